The Balaban J connectivity index is 1.81. The van der Waals surface area contributed by atoms with Crippen LogP contribution in [0.25, 0.3) is 0 Å². The van der Waals surface area contributed by atoms with E-state index in [-0.39, 0.29) is 11.7 Å². The third-order valence-corrected chi connectivity index (χ3v) is 2.02. The van der Waals surface area contributed by atoms with Crippen molar-refractivity contribution in [3.05, 3.63) is 24.2 Å². The molecule has 0 saturated heterocycles. The molecule has 0 amide bonds. The SMILES string of the molecule is CCOC(=O)c1coc(NCCc2ncon2)n1. The molecule has 8 nitrogen and oxygen atoms in total. The van der Waals surface area contributed by atoms with Crippen LogP contribution in [0.1, 0.15) is 23.2 Å². The van der Waals surface area contributed by atoms with Crippen molar-refractivity contribution in [1.29, 1.82) is 0 Å². The Hall–Kier alpha value is -2.38. The number of rotatable bonds is 6. The van der Waals surface area contributed by atoms with Crippen molar-refractivity contribution in [3.8, 4) is 0 Å². The molecule has 0 radical (unpaired) electrons. The first-order chi connectivity index (χ1) is 8.79. The van der Waals surface area contributed by atoms with Crippen molar-refractivity contribution in [2.75, 3.05) is 18.5 Å². The molecule has 0 unspecified atom stereocenters. The minimum Gasteiger partial charge on any atom is -0.461 e. The number of ether oxygens (including phenoxy) is 1. The lowest BCUT2D eigenvalue weighted by Gasteiger charge is -1.97. The average molecular weight is 252 g/mol. The molecular weight excluding hydrogens is 240 g/mol. The number of nitrogens with one attached hydrogen (secondary N) is 1. The molecule has 18 heavy (non-hydrogen) atoms. The van der Waals surface area contributed by atoms with Gasteiger partial charge in [0, 0.05) is 13.0 Å². The van der Waals surface area contributed by atoms with Crippen LogP contribution in [0, 0.1) is 0 Å². The number of aromatic nitrogens is 3. The number of oxazole rings is 1. The molecule has 0 aliphatic carbocycles. The molecule has 8 heteroatoms. The van der Waals surface area contributed by atoms with E-state index in [9.17, 15) is 4.79 Å². The van der Waals surface area contributed by atoms with Crippen LogP contribution in [0.5, 0.6) is 0 Å². The maximum Gasteiger partial charge on any atom is 0.360 e. The monoisotopic (exact) mass is 252 g/mol. The Kier molecular flexibility index (Phi) is 3.90. The van der Waals surface area contributed by atoms with Crippen LogP contribution >= 0.6 is 0 Å². The van der Waals surface area contributed by atoms with Crippen molar-refractivity contribution >= 4 is 12.0 Å². The third-order valence-electron chi connectivity index (χ3n) is 2.02. The zero-order valence-corrected chi connectivity index (χ0v) is 9.75. The summed E-state index contributed by atoms with van der Waals surface area (Å²) in [6, 6.07) is 0.251. The van der Waals surface area contributed by atoms with Gasteiger partial charge in [0.2, 0.25) is 6.39 Å². The largest absolute Gasteiger partial charge is 0.461 e. The highest BCUT2D eigenvalue weighted by atomic mass is 16.5. The van der Waals surface area contributed by atoms with Crippen LogP contribution in [0.2, 0.25) is 0 Å². The first-order valence-corrected chi connectivity index (χ1v) is 5.41. The topological polar surface area (TPSA) is 103 Å². The number of esters is 1. The summed E-state index contributed by atoms with van der Waals surface area (Å²) < 4.78 is 14.4. The van der Waals surface area contributed by atoms with E-state index in [1.165, 1.54) is 12.7 Å². The maximum absolute atomic E-state index is 11.3. The summed E-state index contributed by atoms with van der Waals surface area (Å²) in [5.74, 6) is 0.0761. The second-order valence-electron chi connectivity index (χ2n) is 3.28. The molecule has 2 aromatic heterocycles. The molecule has 2 aromatic rings. The van der Waals surface area contributed by atoms with Gasteiger partial charge in [-0.15, -0.1) is 0 Å². The van der Waals surface area contributed by atoms with E-state index in [1.807, 2.05) is 0 Å². The highest BCUT2D eigenvalue weighted by Gasteiger charge is 2.12. The molecule has 1 N–H and O–H groups in total. The Morgan fingerprint density at radius 1 is 1.56 bits per heavy atom. The smallest absolute Gasteiger partial charge is 0.360 e. The molecule has 2 heterocycles. The van der Waals surface area contributed by atoms with E-state index in [2.05, 4.69) is 25.0 Å². The van der Waals surface area contributed by atoms with Gasteiger partial charge in [-0.1, -0.05) is 5.16 Å². The molecule has 0 atom stereocenters. The summed E-state index contributed by atoms with van der Waals surface area (Å²) in [7, 11) is 0. The van der Waals surface area contributed by atoms with Gasteiger partial charge in [0.1, 0.15) is 6.26 Å². The minimum atomic E-state index is -0.507. The highest BCUT2D eigenvalue weighted by Crippen LogP contribution is 2.08. The van der Waals surface area contributed by atoms with Crippen molar-refractivity contribution in [2.24, 2.45) is 0 Å². The van der Waals surface area contributed by atoms with E-state index in [1.54, 1.807) is 6.92 Å². The second-order valence-corrected chi connectivity index (χ2v) is 3.28. The predicted octanol–water partition coefficient (Wildman–Crippen LogP) is 0.889. The lowest BCUT2D eigenvalue weighted by molar-refractivity contribution is 0.0519. The zero-order chi connectivity index (χ0) is 12.8. The summed E-state index contributed by atoms with van der Waals surface area (Å²) in [6.07, 6.45) is 3.07. The summed E-state index contributed by atoms with van der Waals surface area (Å²) in [5, 5.41) is 6.55. The molecule has 0 saturated carbocycles. The first kappa shape index (κ1) is 12.1. The highest BCUT2D eigenvalue weighted by molar-refractivity contribution is 5.87. The average Bonchev–Trinajstić information content (AvgIpc) is 3.00. The summed E-state index contributed by atoms with van der Waals surface area (Å²) >= 11 is 0. The number of carbonyl (C=O) groups excluding carboxylic acids is 1. The molecule has 96 valence electrons. The van der Waals surface area contributed by atoms with Gasteiger partial charge in [-0.05, 0) is 6.92 Å². The molecule has 0 spiro atoms. The maximum atomic E-state index is 11.3. The summed E-state index contributed by atoms with van der Waals surface area (Å²) in [4.78, 5) is 19.1. The second kappa shape index (κ2) is 5.80. The fourth-order valence-electron chi connectivity index (χ4n) is 1.24. The zero-order valence-electron chi connectivity index (χ0n) is 9.75. The van der Waals surface area contributed by atoms with E-state index < -0.39 is 5.97 Å². The van der Waals surface area contributed by atoms with Crippen LogP contribution in [0.3, 0.4) is 0 Å². The summed E-state index contributed by atoms with van der Waals surface area (Å²) in [5.41, 5.74) is 0.138. The van der Waals surface area contributed by atoms with Crippen LogP contribution in [0.15, 0.2) is 21.6 Å². The van der Waals surface area contributed by atoms with E-state index in [0.717, 1.165) is 0 Å². The molecule has 0 fully saturated rings. The standard InChI is InChI=1S/C10H12N4O4/c1-2-16-9(15)7-5-17-10(13-7)11-4-3-8-12-6-18-14-8/h5-6H,2-4H2,1H3,(H,11,13). The van der Waals surface area contributed by atoms with Crippen LogP contribution < -0.4 is 5.32 Å². The molecular formula is C10H12N4O4. The van der Waals surface area contributed by atoms with Crippen molar-refractivity contribution < 1.29 is 18.5 Å². The summed E-state index contributed by atoms with van der Waals surface area (Å²) in [6.45, 7) is 2.54. The number of carbonyl (C=O) groups is 1. The molecule has 0 aromatic carbocycles. The third kappa shape index (κ3) is 3.06. The normalized spacial score (nSPS) is 10.3. The minimum absolute atomic E-state index is 0.138. The lowest BCUT2D eigenvalue weighted by atomic mass is 10.4. The molecule has 0 bridgehead atoms. The Labute approximate surface area is 102 Å². The van der Waals surface area contributed by atoms with Gasteiger partial charge in [-0.3, -0.25) is 0 Å². The van der Waals surface area contributed by atoms with Gasteiger partial charge >= 0.3 is 5.97 Å². The Morgan fingerprint density at radius 3 is 3.17 bits per heavy atom. The molecule has 2 rings (SSSR count). The van der Waals surface area contributed by atoms with Crippen LogP contribution in [0.4, 0.5) is 6.01 Å². The van der Waals surface area contributed by atoms with Crippen molar-refractivity contribution in [2.45, 2.75) is 13.3 Å². The fourth-order valence-corrected chi connectivity index (χ4v) is 1.24. The number of anilines is 1. The van der Waals surface area contributed by atoms with Crippen molar-refractivity contribution in [3.63, 3.8) is 0 Å². The van der Waals surface area contributed by atoms with E-state index in [4.69, 9.17) is 9.15 Å². The fraction of sp³-hybridized carbons (Fsp3) is 0.400. The van der Waals surface area contributed by atoms with E-state index in [0.29, 0.717) is 25.4 Å². The molecule has 0 aliphatic rings. The van der Waals surface area contributed by atoms with Gasteiger partial charge in [-0.2, -0.15) is 9.97 Å². The van der Waals surface area contributed by atoms with Gasteiger partial charge in [0.05, 0.1) is 6.61 Å². The molecule has 0 aliphatic heterocycles. The number of hydrogen-bond acceptors (Lipinski definition) is 8. The predicted molar refractivity (Wildman–Crippen MR) is 59.0 cm³/mol. The Bertz CT molecular complexity index is 494. The first-order valence-electron chi connectivity index (χ1n) is 5.41. The lowest BCUT2D eigenvalue weighted by Crippen LogP contribution is -2.08. The Morgan fingerprint density at radius 2 is 2.44 bits per heavy atom. The van der Waals surface area contributed by atoms with Gasteiger partial charge in [0.25, 0.3) is 6.01 Å². The van der Waals surface area contributed by atoms with Crippen LogP contribution in [-0.4, -0.2) is 34.2 Å². The van der Waals surface area contributed by atoms with Gasteiger partial charge in [0.15, 0.2) is 11.5 Å². The van der Waals surface area contributed by atoms with Crippen molar-refractivity contribution in [1.82, 2.24) is 15.1 Å². The number of hydrogen-bond donors (Lipinski definition) is 1. The quantitative estimate of drug-likeness (QED) is 0.756. The number of nitrogens with zero attached hydrogens (tertiary/aromatic N) is 3. The van der Waals surface area contributed by atoms with E-state index >= 15 is 0 Å². The van der Waals surface area contributed by atoms with Gasteiger partial charge < -0.3 is 19.0 Å². The van der Waals surface area contributed by atoms with Gasteiger partial charge in [-0.25, -0.2) is 4.79 Å². The van der Waals surface area contributed by atoms with Crippen LogP contribution in [-0.2, 0) is 11.2 Å².